The van der Waals surface area contributed by atoms with Crippen LogP contribution in [0.2, 0.25) is 0 Å². The molecule has 0 spiro atoms. The Bertz CT molecular complexity index is 978. The van der Waals surface area contributed by atoms with E-state index < -0.39 is 0 Å². The first-order chi connectivity index (χ1) is 16.6. The zero-order chi connectivity index (χ0) is 23.9. The third-order valence-electron chi connectivity index (χ3n) is 7.01. The third kappa shape index (κ3) is 6.05. The van der Waals surface area contributed by atoms with Crippen LogP contribution in [-0.2, 0) is 16.0 Å². The molecule has 7 heteroatoms. The lowest BCUT2D eigenvalue weighted by molar-refractivity contribution is -0.134. The Balaban J connectivity index is 1.38. The number of unbranched alkanes of at least 4 members (excludes halogenated alkanes) is 3. The summed E-state index contributed by atoms with van der Waals surface area (Å²) in [6, 6.07) is 8.75. The van der Waals surface area contributed by atoms with E-state index in [0.29, 0.717) is 32.6 Å². The third-order valence-corrected chi connectivity index (χ3v) is 8.01. The Morgan fingerprint density at radius 3 is 2.56 bits per heavy atom. The minimum atomic E-state index is -0.252. The molecule has 34 heavy (non-hydrogen) atoms. The van der Waals surface area contributed by atoms with Crippen LogP contribution in [0.25, 0.3) is 0 Å². The van der Waals surface area contributed by atoms with Crippen molar-refractivity contribution in [2.45, 2.75) is 57.9 Å². The molecule has 2 aliphatic rings. The molecule has 184 valence electrons. The van der Waals surface area contributed by atoms with Crippen LogP contribution in [0, 0.1) is 5.82 Å². The van der Waals surface area contributed by atoms with E-state index in [2.05, 4.69) is 23.3 Å². The summed E-state index contributed by atoms with van der Waals surface area (Å²) in [6.07, 6.45) is 6.73. The molecule has 0 unspecified atom stereocenters. The second-order valence-corrected chi connectivity index (χ2v) is 10.4. The number of carbonyl (C=O) groups excluding carboxylic acids is 2. The quantitative estimate of drug-likeness (QED) is 0.501. The monoisotopic (exact) mass is 485 g/mol. The summed E-state index contributed by atoms with van der Waals surface area (Å²) >= 11 is 1.74. The van der Waals surface area contributed by atoms with Crippen LogP contribution in [0.5, 0.6) is 0 Å². The minimum absolute atomic E-state index is 0.0947. The number of carbonyl (C=O) groups is 2. The molecule has 1 fully saturated rings. The van der Waals surface area contributed by atoms with Gasteiger partial charge in [-0.1, -0.05) is 38.3 Å². The highest BCUT2D eigenvalue weighted by Crippen LogP contribution is 2.37. The summed E-state index contributed by atoms with van der Waals surface area (Å²) in [5, 5.41) is 2.09. The first-order valence-electron chi connectivity index (χ1n) is 12.7. The Labute approximate surface area is 206 Å². The number of benzene rings is 1. The van der Waals surface area contributed by atoms with E-state index in [1.165, 1.54) is 29.3 Å². The topological polar surface area (TPSA) is 43.9 Å². The van der Waals surface area contributed by atoms with Gasteiger partial charge < -0.3 is 9.80 Å². The average molecular weight is 486 g/mol. The fourth-order valence-corrected chi connectivity index (χ4v) is 6.06. The molecule has 1 aromatic carbocycles. The van der Waals surface area contributed by atoms with Gasteiger partial charge in [0.25, 0.3) is 0 Å². The Morgan fingerprint density at radius 2 is 1.79 bits per heavy atom. The maximum Gasteiger partial charge on any atom is 0.236 e. The number of fused-ring (bicyclic) bond motifs is 1. The maximum atomic E-state index is 14.0. The normalized spacial score (nSPS) is 19.1. The van der Waals surface area contributed by atoms with E-state index in [9.17, 15) is 14.0 Å². The van der Waals surface area contributed by atoms with Gasteiger partial charge in [-0.05, 0) is 54.0 Å². The molecule has 0 aliphatic carbocycles. The second-order valence-electron chi connectivity index (χ2n) is 9.40. The van der Waals surface area contributed by atoms with E-state index >= 15 is 0 Å². The summed E-state index contributed by atoms with van der Waals surface area (Å²) < 4.78 is 14.0. The van der Waals surface area contributed by atoms with Gasteiger partial charge in [-0.15, -0.1) is 11.3 Å². The van der Waals surface area contributed by atoms with Crippen LogP contribution in [0.4, 0.5) is 4.39 Å². The number of hydrogen-bond acceptors (Lipinski definition) is 4. The number of halogens is 1. The van der Waals surface area contributed by atoms with Gasteiger partial charge >= 0.3 is 0 Å². The smallest absolute Gasteiger partial charge is 0.236 e. The highest BCUT2D eigenvalue weighted by Gasteiger charge is 2.32. The molecule has 2 aliphatic heterocycles. The first-order valence-corrected chi connectivity index (χ1v) is 13.6. The van der Waals surface area contributed by atoms with E-state index in [4.69, 9.17) is 0 Å². The largest absolute Gasteiger partial charge is 0.341 e. The van der Waals surface area contributed by atoms with E-state index in [-0.39, 0.29) is 23.7 Å². The van der Waals surface area contributed by atoms with Crippen LogP contribution in [-0.4, -0.2) is 65.8 Å². The highest BCUT2D eigenvalue weighted by atomic mass is 32.1. The fraction of sp³-hybridized carbons (Fsp3) is 0.556. The molecular weight excluding hydrogens is 449 g/mol. The van der Waals surface area contributed by atoms with Gasteiger partial charge in [-0.25, -0.2) is 4.39 Å². The van der Waals surface area contributed by atoms with Crippen molar-refractivity contribution in [3.8, 4) is 0 Å². The van der Waals surface area contributed by atoms with Crippen LogP contribution < -0.4 is 0 Å². The molecule has 0 saturated carbocycles. The molecule has 0 radical (unpaired) electrons. The van der Waals surface area contributed by atoms with E-state index in [0.717, 1.165) is 44.3 Å². The number of amides is 2. The summed E-state index contributed by atoms with van der Waals surface area (Å²) in [4.78, 5) is 33.3. The average Bonchev–Trinajstić information content (AvgIpc) is 3.16. The number of nitrogens with zero attached hydrogens (tertiary/aromatic N) is 3. The van der Waals surface area contributed by atoms with Gasteiger partial charge in [0.1, 0.15) is 5.82 Å². The van der Waals surface area contributed by atoms with Gasteiger partial charge in [-0.2, -0.15) is 0 Å². The van der Waals surface area contributed by atoms with Gasteiger partial charge in [0.2, 0.25) is 11.8 Å². The maximum absolute atomic E-state index is 14.0. The molecule has 0 N–H and O–H groups in total. The predicted molar refractivity (Wildman–Crippen MR) is 134 cm³/mol. The molecule has 1 aromatic heterocycles. The standard InChI is InChI=1S/C27H36FN3O2S/c1-2-3-4-5-10-25(32)29-13-7-14-30(17-16-29)26(33)20-31-15-11-24-23(12-18-34-24)27(31)21-8-6-9-22(28)19-21/h6,8-9,12,18-19,27H,2-5,7,10-11,13-17,20H2,1H3/t27-/m1/s1. The lowest BCUT2D eigenvalue weighted by Gasteiger charge is -2.37. The van der Waals surface area contributed by atoms with E-state index in [1.807, 2.05) is 15.9 Å². The van der Waals surface area contributed by atoms with Crippen LogP contribution in [0.3, 0.4) is 0 Å². The van der Waals surface area contributed by atoms with Gasteiger partial charge in [0, 0.05) is 44.0 Å². The van der Waals surface area contributed by atoms with Crippen molar-refractivity contribution in [3.63, 3.8) is 0 Å². The SMILES string of the molecule is CCCCCCC(=O)N1CCCN(C(=O)CN2CCc3sccc3[C@H]2c2cccc(F)c2)CC1. The molecule has 1 saturated heterocycles. The van der Waals surface area contributed by atoms with Gasteiger partial charge in [0.05, 0.1) is 12.6 Å². The molecule has 2 aromatic rings. The van der Waals surface area contributed by atoms with Gasteiger partial charge in [0.15, 0.2) is 0 Å². The summed E-state index contributed by atoms with van der Waals surface area (Å²) in [7, 11) is 0. The summed E-state index contributed by atoms with van der Waals surface area (Å²) in [5.74, 6) is 0.0630. The zero-order valence-electron chi connectivity index (χ0n) is 20.2. The fourth-order valence-electron chi connectivity index (χ4n) is 5.16. The van der Waals surface area contributed by atoms with Crippen LogP contribution in [0.1, 0.15) is 67.5 Å². The van der Waals surface area contributed by atoms with Crippen molar-refractivity contribution in [2.24, 2.45) is 0 Å². The van der Waals surface area contributed by atoms with Crippen LogP contribution in [0.15, 0.2) is 35.7 Å². The van der Waals surface area contributed by atoms with Gasteiger partial charge in [-0.3, -0.25) is 14.5 Å². The summed E-state index contributed by atoms with van der Waals surface area (Å²) in [5.41, 5.74) is 2.08. The molecule has 0 bridgehead atoms. The molecule has 2 amide bonds. The van der Waals surface area contributed by atoms with Crippen molar-refractivity contribution in [3.05, 3.63) is 57.5 Å². The van der Waals surface area contributed by atoms with Crippen LogP contribution >= 0.6 is 11.3 Å². The highest BCUT2D eigenvalue weighted by molar-refractivity contribution is 7.10. The lowest BCUT2D eigenvalue weighted by atomic mass is 9.93. The first kappa shape index (κ1) is 24.9. The Kier molecular flexibility index (Phi) is 8.73. The molecule has 3 heterocycles. The zero-order valence-corrected chi connectivity index (χ0v) is 21.0. The van der Waals surface area contributed by atoms with E-state index in [1.54, 1.807) is 23.5 Å². The Morgan fingerprint density at radius 1 is 1.00 bits per heavy atom. The van der Waals surface area contributed by atoms with Crippen molar-refractivity contribution in [1.29, 1.82) is 0 Å². The number of rotatable bonds is 8. The second kappa shape index (κ2) is 11.9. The lowest BCUT2D eigenvalue weighted by Crippen LogP contribution is -2.45. The minimum Gasteiger partial charge on any atom is -0.341 e. The molecule has 4 rings (SSSR count). The predicted octanol–water partition coefficient (Wildman–Crippen LogP) is 4.87. The number of hydrogen-bond donors (Lipinski definition) is 0. The Hall–Kier alpha value is -2.25. The van der Waals surface area contributed by atoms with Crippen molar-refractivity contribution in [2.75, 3.05) is 39.3 Å². The molecule has 1 atom stereocenters. The number of thiophene rings is 1. The molecule has 5 nitrogen and oxygen atoms in total. The van der Waals surface area contributed by atoms with Crippen molar-refractivity contribution in [1.82, 2.24) is 14.7 Å². The molecular formula is C27H36FN3O2S. The van der Waals surface area contributed by atoms with Crippen molar-refractivity contribution < 1.29 is 14.0 Å². The summed E-state index contributed by atoms with van der Waals surface area (Å²) in [6.45, 7) is 5.86. The van der Waals surface area contributed by atoms with Crippen molar-refractivity contribution >= 4 is 23.2 Å².